The maximum absolute atomic E-state index is 12.3. The molecule has 1 saturated heterocycles. The molecule has 110 valence electrons. The minimum atomic E-state index is -0.194. The molecule has 0 unspecified atom stereocenters. The third-order valence-electron chi connectivity index (χ3n) is 4.18. The van der Waals surface area contributed by atoms with E-state index in [0.717, 1.165) is 18.4 Å². The highest BCUT2D eigenvalue weighted by Gasteiger charge is 2.46. The average Bonchev–Trinajstić information content (AvgIpc) is 3.29. The first kappa shape index (κ1) is 13.8. The Kier molecular flexibility index (Phi) is 3.73. The van der Waals surface area contributed by atoms with Gasteiger partial charge in [0.15, 0.2) is 0 Å². The van der Waals surface area contributed by atoms with Crippen LogP contribution in [0.2, 0.25) is 0 Å². The van der Waals surface area contributed by atoms with Crippen LogP contribution < -0.4 is 5.32 Å². The molecule has 2 heterocycles. The van der Waals surface area contributed by atoms with E-state index < -0.39 is 0 Å². The van der Waals surface area contributed by atoms with Gasteiger partial charge in [0, 0.05) is 37.3 Å². The predicted molar refractivity (Wildman–Crippen MR) is 78.2 cm³/mol. The average molecular weight is 285 g/mol. The van der Waals surface area contributed by atoms with Crippen LogP contribution in [0.1, 0.15) is 30.9 Å². The van der Waals surface area contributed by atoms with Crippen LogP contribution in [-0.4, -0.2) is 34.3 Å². The highest BCUT2D eigenvalue weighted by molar-refractivity contribution is 5.87. The fourth-order valence-electron chi connectivity index (χ4n) is 3.09. The lowest BCUT2D eigenvalue weighted by molar-refractivity contribution is -0.129. The van der Waals surface area contributed by atoms with E-state index in [0.29, 0.717) is 19.0 Å². The first-order valence-corrected chi connectivity index (χ1v) is 7.32. The number of hydrogen-bond donors (Lipinski definition) is 1. The Labute approximate surface area is 124 Å². The fraction of sp³-hybridized carbons (Fsp3) is 0.438. The second-order valence-electron chi connectivity index (χ2n) is 5.67. The largest absolute Gasteiger partial charge is 0.352 e. The van der Waals surface area contributed by atoms with Crippen LogP contribution in [0, 0.1) is 5.92 Å². The Morgan fingerprint density at radius 1 is 1.43 bits per heavy atom. The van der Waals surface area contributed by atoms with Gasteiger partial charge in [0.2, 0.25) is 11.8 Å². The maximum atomic E-state index is 12.3. The van der Waals surface area contributed by atoms with Gasteiger partial charge in [-0.3, -0.25) is 14.6 Å². The van der Waals surface area contributed by atoms with Crippen LogP contribution >= 0.6 is 0 Å². The van der Waals surface area contributed by atoms with Gasteiger partial charge in [-0.15, -0.1) is 0 Å². The zero-order valence-electron chi connectivity index (χ0n) is 11.9. The van der Waals surface area contributed by atoms with E-state index in [1.165, 1.54) is 6.08 Å². The first-order valence-electron chi connectivity index (χ1n) is 7.32. The van der Waals surface area contributed by atoms with Crippen LogP contribution in [0.5, 0.6) is 0 Å². The summed E-state index contributed by atoms with van der Waals surface area (Å²) in [6.45, 7) is 3.95. The molecule has 1 aromatic heterocycles. The van der Waals surface area contributed by atoms with E-state index in [-0.39, 0.29) is 23.8 Å². The summed E-state index contributed by atoms with van der Waals surface area (Å²) in [4.78, 5) is 29.8. The molecule has 0 bridgehead atoms. The van der Waals surface area contributed by atoms with E-state index >= 15 is 0 Å². The molecule has 0 radical (unpaired) electrons. The number of aromatic nitrogens is 1. The molecule has 1 aromatic rings. The van der Waals surface area contributed by atoms with Crippen molar-refractivity contribution in [3.8, 4) is 0 Å². The van der Waals surface area contributed by atoms with Gasteiger partial charge in [-0.05, 0) is 36.6 Å². The van der Waals surface area contributed by atoms with Gasteiger partial charge in [0.05, 0.1) is 6.04 Å². The third-order valence-corrected chi connectivity index (χ3v) is 4.18. The number of rotatable bonds is 5. The number of nitrogens with one attached hydrogen (secondary N) is 1. The van der Waals surface area contributed by atoms with Crippen molar-refractivity contribution >= 4 is 11.8 Å². The maximum Gasteiger partial charge on any atom is 0.243 e. The fourth-order valence-corrected chi connectivity index (χ4v) is 3.09. The number of carbonyl (C=O) groups is 2. The highest BCUT2D eigenvalue weighted by Crippen LogP contribution is 2.44. The van der Waals surface area contributed by atoms with E-state index in [1.807, 2.05) is 17.0 Å². The molecule has 1 N–H and O–H groups in total. The van der Waals surface area contributed by atoms with Crippen molar-refractivity contribution in [2.75, 3.05) is 6.54 Å². The highest BCUT2D eigenvalue weighted by atomic mass is 16.2. The van der Waals surface area contributed by atoms with Crippen molar-refractivity contribution in [1.82, 2.24) is 15.2 Å². The summed E-state index contributed by atoms with van der Waals surface area (Å²) in [5.41, 5.74) is 1.10. The van der Waals surface area contributed by atoms with Crippen LogP contribution in [0.25, 0.3) is 0 Å². The van der Waals surface area contributed by atoms with Gasteiger partial charge >= 0.3 is 0 Å². The number of hydrogen-bond acceptors (Lipinski definition) is 3. The van der Waals surface area contributed by atoms with Crippen molar-refractivity contribution in [2.24, 2.45) is 5.92 Å². The van der Waals surface area contributed by atoms with Crippen LogP contribution in [0.4, 0.5) is 0 Å². The SMILES string of the molecule is C=CC(=O)NC[C@@H]1CC(=O)N(C2CC2)[C@H]1c1ccncc1. The van der Waals surface area contributed by atoms with Crippen LogP contribution in [-0.2, 0) is 9.59 Å². The van der Waals surface area contributed by atoms with Gasteiger partial charge in [-0.1, -0.05) is 6.58 Å². The van der Waals surface area contributed by atoms with Gasteiger partial charge in [-0.25, -0.2) is 0 Å². The molecular formula is C16H19N3O2. The Hall–Kier alpha value is -2.17. The van der Waals surface area contributed by atoms with Crippen molar-refractivity contribution in [1.29, 1.82) is 0 Å². The molecule has 2 amide bonds. The zero-order valence-corrected chi connectivity index (χ0v) is 11.9. The predicted octanol–water partition coefficient (Wildman–Crippen LogP) is 1.44. The van der Waals surface area contributed by atoms with Crippen molar-refractivity contribution in [3.05, 3.63) is 42.7 Å². The minimum absolute atomic E-state index is 0.0399. The second-order valence-corrected chi connectivity index (χ2v) is 5.67. The number of amides is 2. The Morgan fingerprint density at radius 2 is 2.14 bits per heavy atom. The molecular weight excluding hydrogens is 266 g/mol. The molecule has 1 saturated carbocycles. The summed E-state index contributed by atoms with van der Waals surface area (Å²) in [7, 11) is 0. The smallest absolute Gasteiger partial charge is 0.243 e. The molecule has 0 aromatic carbocycles. The van der Waals surface area contributed by atoms with Gasteiger partial charge in [0.1, 0.15) is 0 Å². The molecule has 2 fully saturated rings. The molecule has 1 aliphatic heterocycles. The number of likely N-dealkylation sites (tertiary alicyclic amines) is 1. The zero-order chi connectivity index (χ0) is 14.8. The van der Waals surface area contributed by atoms with Crippen LogP contribution in [0.3, 0.4) is 0 Å². The van der Waals surface area contributed by atoms with E-state index in [9.17, 15) is 9.59 Å². The Morgan fingerprint density at radius 3 is 2.76 bits per heavy atom. The molecule has 5 heteroatoms. The number of nitrogens with zero attached hydrogens (tertiary/aromatic N) is 2. The quantitative estimate of drug-likeness (QED) is 0.833. The lowest BCUT2D eigenvalue weighted by atomic mass is 9.94. The van der Waals surface area contributed by atoms with E-state index in [1.54, 1.807) is 12.4 Å². The molecule has 1 aliphatic carbocycles. The third kappa shape index (κ3) is 2.82. The summed E-state index contributed by atoms with van der Waals surface area (Å²) >= 11 is 0. The summed E-state index contributed by atoms with van der Waals surface area (Å²) < 4.78 is 0. The standard InChI is InChI=1S/C16H19N3O2/c1-2-14(20)18-10-12-9-15(21)19(13-3-4-13)16(12)11-5-7-17-8-6-11/h2,5-8,12-13,16H,1,3-4,9-10H2,(H,18,20)/t12-,16-/m0/s1. The van der Waals surface area contributed by atoms with Gasteiger partial charge < -0.3 is 10.2 Å². The molecule has 0 spiro atoms. The van der Waals surface area contributed by atoms with Crippen molar-refractivity contribution in [2.45, 2.75) is 31.3 Å². The molecule has 21 heavy (non-hydrogen) atoms. The summed E-state index contributed by atoms with van der Waals surface area (Å²) in [6, 6.07) is 4.33. The minimum Gasteiger partial charge on any atom is -0.352 e. The number of pyridine rings is 1. The second kappa shape index (κ2) is 5.68. The molecule has 2 aliphatic rings. The molecule has 2 atom stereocenters. The van der Waals surface area contributed by atoms with Gasteiger partial charge in [-0.2, -0.15) is 0 Å². The summed E-state index contributed by atoms with van der Waals surface area (Å²) in [5.74, 6) is 0.0994. The normalized spacial score (nSPS) is 25.0. The lowest BCUT2D eigenvalue weighted by Crippen LogP contribution is -2.34. The molecule has 5 nitrogen and oxygen atoms in total. The summed E-state index contributed by atoms with van der Waals surface area (Å²) in [5, 5.41) is 2.82. The molecule has 3 rings (SSSR count). The summed E-state index contributed by atoms with van der Waals surface area (Å²) in [6.07, 6.45) is 7.42. The van der Waals surface area contributed by atoms with E-state index in [4.69, 9.17) is 0 Å². The lowest BCUT2D eigenvalue weighted by Gasteiger charge is -2.28. The van der Waals surface area contributed by atoms with Gasteiger partial charge in [0.25, 0.3) is 0 Å². The Bertz CT molecular complexity index is 554. The Balaban J connectivity index is 1.82. The van der Waals surface area contributed by atoms with E-state index in [2.05, 4.69) is 16.9 Å². The van der Waals surface area contributed by atoms with Crippen molar-refractivity contribution < 1.29 is 9.59 Å². The monoisotopic (exact) mass is 285 g/mol. The van der Waals surface area contributed by atoms with Crippen molar-refractivity contribution in [3.63, 3.8) is 0 Å². The number of carbonyl (C=O) groups excluding carboxylic acids is 2. The van der Waals surface area contributed by atoms with Crippen LogP contribution in [0.15, 0.2) is 37.2 Å². The first-order chi connectivity index (χ1) is 10.2. The topological polar surface area (TPSA) is 62.3 Å².